The summed E-state index contributed by atoms with van der Waals surface area (Å²) in [6, 6.07) is 3.32. The van der Waals surface area contributed by atoms with Crippen molar-refractivity contribution in [2.75, 3.05) is 12.1 Å². The number of nitrogens with one attached hydrogen (secondary N) is 1. The van der Waals surface area contributed by atoms with Gasteiger partial charge in [0.25, 0.3) is 0 Å². The molecule has 1 N–H and O–H groups in total. The molecule has 0 radical (unpaired) electrons. The second-order valence-corrected chi connectivity index (χ2v) is 3.46. The van der Waals surface area contributed by atoms with Crippen molar-refractivity contribution < 1.29 is 19.1 Å². The highest BCUT2D eigenvalue weighted by atomic mass is 16.7. The molecule has 0 atom stereocenters. The number of rotatable bonds is 2. The minimum atomic E-state index is -0.186. The highest BCUT2D eigenvalue weighted by Crippen LogP contribution is 2.30. The Morgan fingerprint density at radius 1 is 1.50 bits per heavy atom. The first-order chi connectivity index (χ1) is 7.70. The monoisotopic (exact) mass is 221 g/mol. The lowest BCUT2D eigenvalue weighted by atomic mass is 10.1. The van der Waals surface area contributed by atoms with E-state index >= 15 is 0 Å². The van der Waals surface area contributed by atoms with Gasteiger partial charge in [-0.05, 0) is 12.1 Å². The fourth-order valence-corrected chi connectivity index (χ4v) is 1.61. The molecule has 1 amide bonds. The molecule has 84 valence electrons. The summed E-state index contributed by atoms with van der Waals surface area (Å²) in [7, 11) is 0. The van der Waals surface area contributed by atoms with Crippen LogP contribution in [-0.4, -0.2) is 19.0 Å². The maximum absolute atomic E-state index is 10.9. The summed E-state index contributed by atoms with van der Waals surface area (Å²) in [6.45, 7) is 1.93. The summed E-state index contributed by atoms with van der Waals surface area (Å²) in [5, 5.41) is 2.62. The van der Waals surface area contributed by atoms with Crippen LogP contribution >= 0.6 is 0 Å². The van der Waals surface area contributed by atoms with Crippen LogP contribution in [0.1, 0.15) is 22.8 Å². The zero-order chi connectivity index (χ0) is 11.5. The molecular formula is C11H11NO4. The summed E-state index contributed by atoms with van der Waals surface area (Å²) in [4.78, 5) is 21.8. The molecule has 0 bridgehead atoms. The summed E-state index contributed by atoms with van der Waals surface area (Å²) < 4.78 is 10.3. The molecule has 0 saturated carbocycles. The normalized spacial score (nSPS) is 13.6. The Labute approximate surface area is 92.4 Å². The van der Waals surface area contributed by atoms with Crippen molar-refractivity contribution in [3.05, 3.63) is 23.3 Å². The number of carbonyl (C=O) groups excluding carboxylic acids is 2. The van der Waals surface area contributed by atoms with Crippen LogP contribution in [0.5, 0.6) is 5.75 Å². The third kappa shape index (κ3) is 2.04. The number of amides is 1. The van der Waals surface area contributed by atoms with Gasteiger partial charge in [0, 0.05) is 18.2 Å². The van der Waals surface area contributed by atoms with Crippen LogP contribution in [-0.2, 0) is 16.1 Å². The van der Waals surface area contributed by atoms with Crippen LogP contribution < -0.4 is 10.1 Å². The minimum Gasteiger partial charge on any atom is -0.466 e. The molecule has 0 saturated heterocycles. The predicted octanol–water partition coefficient (Wildman–Crippen LogP) is 1.32. The van der Waals surface area contributed by atoms with E-state index in [0.717, 1.165) is 5.56 Å². The molecular weight excluding hydrogens is 210 g/mol. The van der Waals surface area contributed by atoms with Gasteiger partial charge < -0.3 is 14.8 Å². The van der Waals surface area contributed by atoms with E-state index < -0.39 is 0 Å². The van der Waals surface area contributed by atoms with Crippen LogP contribution in [0.4, 0.5) is 5.69 Å². The van der Waals surface area contributed by atoms with Crippen LogP contribution in [0.15, 0.2) is 12.1 Å². The second kappa shape index (κ2) is 4.32. The van der Waals surface area contributed by atoms with Gasteiger partial charge in [-0.25, -0.2) is 0 Å². The molecule has 2 rings (SSSR count). The van der Waals surface area contributed by atoms with E-state index in [2.05, 4.69) is 5.32 Å². The fraction of sp³-hybridized carbons (Fsp3) is 0.273. The number of aldehydes is 1. The summed E-state index contributed by atoms with van der Waals surface area (Å²) in [5.74, 6) is 0.352. The van der Waals surface area contributed by atoms with Gasteiger partial charge in [-0.15, -0.1) is 0 Å². The van der Waals surface area contributed by atoms with Gasteiger partial charge in [0.2, 0.25) is 5.91 Å². The fourth-order valence-electron chi connectivity index (χ4n) is 1.61. The second-order valence-electron chi connectivity index (χ2n) is 3.46. The molecule has 0 aliphatic carbocycles. The van der Waals surface area contributed by atoms with Gasteiger partial charge in [-0.1, -0.05) is 0 Å². The first-order valence-electron chi connectivity index (χ1n) is 4.81. The average molecular weight is 221 g/mol. The first-order valence-corrected chi connectivity index (χ1v) is 4.81. The lowest BCUT2D eigenvalue weighted by Gasteiger charge is -2.20. The van der Waals surface area contributed by atoms with Gasteiger partial charge >= 0.3 is 0 Å². The van der Waals surface area contributed by atoms with E-state index in [0.29, 0.717) is 29.9 Å². The smallest absolute Gasteiger partial charge is 0.221 e. The Kier molecular flexibility index (Phi) is 2.87. The van der Waals surface area contributed by atoms with Gasteiger partial charge in [0.15, 0.2) is 13.1 Å². The predicted molar refractivity (Wildman–Crippen MR) is 56.4 cm³/mol. The summed E-state index contributed by atoms with van der Waals surface area (Å²) in [6.07, 6.45) is 0.704. The number of fused-ring (bicyclic) bond motifs is 1. The van der Waals surface area contributed by atoms with Crippen molar-refractivity contribution in [3.8, 4) is 5.75 Å². The summed E-state index contributed by atoms with van der Waals surface area (Å²) >= 11 is 0. The zero-order valence-electron chi connectivity index (χ0n) is 8.78. The Morgan fingerprint density at radius 3 is 3.00 bits per heavy atom. The number of ether oxygens (including phenoxy) is 2. The number of anilines is 1. The molecule has 5 nitrogen and oxygen atoms in total. The molecule has 1 aliphatic rings. The van der Waals surface area contributed by atoms with Crippen molar-refractivity contribution in [1.29, 1.82) is 0 Å². The quantitative estimate of drug-likeness (QED) is 0.765. The molecule has 1 aromatic rings. The zero-order valence-corrected chi connectivity index (χ0v) is 8.78. The van der Waals surface area contributed by atoms with E-state index in [9.17, 15) is 9.59 Å². The van der Waals surface area contributed by atoms with Crippen LogP contribution in [0.25, 0.3) is 0 Å². The third-order valence-corrected chi connectivity index (χ3v) is 2.19. The summed E-state index contributed by atoms with van der Waals surface area (Å²) in [5.41, 5.74) is 1.76. The van der Waals surface area contributed by atoms with Crippen molar-refractivity contribution in [2.45, 2.75) is 13.5 Å². The van der Waals surface area contributed by atoms with Crippen molar-refractivity contribution in [3.63, 3.8) is 0 Å². The van der Waals surface area contributed by atoms with Gasteiger partial charge in [0.1, 0.15) is 5.75 Å². The van der Waals surface area contributed by atoms with Crippen molar-refractivity contribution >= 4 is 17.9 Å². The number of hydrogen-bond donors (Lipinski definition) is 1. The molecule has 0 aromatic heterocycles. The van der Waals surface area contributed by atoms with Crippen molar-refractivity contribution in [2.24, 2.45) is 0 Å². The van der Waals surface area contributed by atoms with E-state index in [1.165, 1.54) is 6.92 Å². The lowest BCUT2D eigenvalue weighted by molar-refractivity contribution is -0.114. The molecule has 1 aromatic carbocycles. The number of benzene rings is 1. The van der Waals surface area contributed by atoms with E-state index in [1.54, 1.807) is 12.1 Å². The molecule has 1 aliphatic heterocycles. The van der Waals surface area contributed by atoms with Gasteiger partial charge in [-0.2, -0.15) is 0 Å². The highest BCUT2D eigenvalue weighted by molar-refractivity contribution is 5.91. The largest absolute Gasteiger partial charge is 0.466 e. The molecule has 0 fully saturated rings. The van der Waals surface area contributed by atoms with Crippen LogP contribution in [0, 0.1) is 0 Å². The lowest BCUT2D eigenvalue weighted by Crippen LogP contribution is -2.14. The Morgan fingerprint density at radius 2 is 2.31 bits per heavy atom. The van der Waals surface area contributed by atoms with E-state index in [1.807, 2.05) is 0 Å². The molecule has 5 heteroatoms. The van der Waals surface area contributed by atoms with Gasteiger partial charge in [0.05, 0.1) is 12.2 Å². The van der Waals surface area contributed by atoms with Crippen molar-refractivity contribution in [1.82, 2.24) is 0 Å². The molecule has 0 spiro atoms. The average Bonchev–Trinajstić information content (AvgIpc) is 2.27. The molecule has 16 heavy (non-hydrogen) atoms. The minimum absolute atomic E-state index is 0.146. The van der Waals surface area contributed by atoms with Crippen LogP contribution in [0.2, 0.25) is 0 Å². The Hall–Kier alpha value is -1.88. The molecule has 1 heterocycles. The SMILES string of the molecule is CC(=O)Nc1cc(C=O)c2c(c1)COCO2. The topological polar surface area (TPSA) is 64.6 Å². The highest BCUT2D eigenvalue weighted by Gasteiger charge is 2.16. The number of hydrogen-bond acceptors (Lipinski definition) is 4. The Bertz CT molecular complexity index is 442. The maximum Gasteiger partial charge on any atom is 0.221 e. The first kappa shape index (κ1) is 10.6. The van der Waals surface area contributed by atoms with Gasteiger partial charge in [-0.3, -0.25) is 9.59 Å². The standard InChI is InChI=1S/C11H11NO4/c1-7(14)12-10-2-8(4-13)11-9(3-10)5-15-6-16-11/h2-4H,5-6H2,1H3,(H,12,14). The van der Waals surface area contributed by atoms with Crippen LogP contribution in [0.3, 0.4) is 0 Å². The number of carbonyl (C=O) groups is 2. The van der Waals surface area contributed by atoms with E-state index in [-0.39, 0.29) is 12.7 Å². The Balaban J connectivity index is 2.43. The van der Waals surface area contributed by atoms with E-state index in [4.69, 9.17) is 9.47 Å². The third-order valence-electron chi connectivity index (χ3n) is 2.19. The molecule has 0 unspecified atom stereocenters. The maximum atomic E-state index is 10.9.